The molecular weight excluding hydrogens is 387 g/mol. The number of nitrogens with zero attached hydrogens (tertiary/aromatic N) is 2. The van der Waals surface area contributed by atoms with Gasteiger partial charge >= 0.3 is 6.61 Å². The number of nitriles is 1. The molecule has 0 aliphatic rings. The maximum atomic E-state index is 13.8. The molecule has 1 aromatic heterocycles. The second-order valence-electron chi connectivity index (χ2n) is 6.11. The van der Waals surface area contributed by atoms with E-state index in [4.69, 9.17) is 5.11 Å². The van der Waals surface area contributed by atoms with Gasteiger partial charge in [0.1, 0.15) is 23.5 Å². The van der Waals surface area contributed by atoms with Gasteiger partial charge in [0, 0.05) is 17.5 Å². The van der Waals surface area contributed by atoms with Crippen molar-refractivity contribution in [3.8, 4) is 22.9 Å². The first kappa shape index (κ1) is 20.4. The highest BCUT2D eigenvalue weighted by Crippen LogP contribution is 2.37. The lowest BCUT2D eigenvalue weighted by Crippen LogP contribution is -2.23. The van der Waals surface area contributed by atoms with Gasteiger partial charge in [0.05, 0.1) is 12.7 Å². The summed E-state index contributed by atoms with van der Waals surface area (Å²) in [6.45, 7) is -3.58. The number of aliphatic hydroxyl groups excluding tert-OH is 2. The summed E-state index contributed by atoms with van der Waals surface area (Å²) in [7, 11) is 0. The Kier molecular flexibility index (Phi) is 6.16. The topological polar surface area (TPSA) is 98.4 Å². The molecule has 29 heavy (non-hydrogen) atoms. The molecule has 0 fully saturated rings. The van der Waals surface area contributed by atoms with E-state index in [-0.39, 0.29) is 29.4 Å². The largest absolute Gasteiger partial charge is 0.435 e. The zero-order chi connectivity index (χ0) is 21.0. The summed E-state index contributed by atoms with van der Waals surface area (Å²) in [6.07, 6.45) is -1.07. The van der Waals surface area contributed by atoms with Crippen molar-refractivity contribution < 1.29 is 28.1 Å². The summed E-state index contributed by atoms with van der Waals surface area (Å²) in [6, 6.07) is 11.5. The average Bonchev–Trinajstić information content (AvgIpc) is 2.70. The molecule has 0 amide bonds. The molecule has 3 rings (SSSR count). The Labute approximate surface area is 163 Å². The van der Waals surface area contributed by atoms with Crippen LogP contribution < -0.4 is 10.1 Å². The summed E-state index contributed by atoms with van der Waals surface area (Å²) >= 11 is 0. The van der Waals surface area contributed by atoms with E-state index in [2.05, 4.69) is 15.0 Å². The summed E-state index contributed by atoms with van der Waals surface area (Å²) in [5.74, 6) is -0.470. The van der Waals surface area contributed by atoms with Gasteiger partial charge in [0.25, 0.3) is 0 Å². The van der Waals surface area contributed by atoms with Gasteiger partial charge < -0.3 is 20.3 Å². The number of alkyl halides is 2. The van der Waals surface area contributed by atoms with Crippen molar-refractivity contribution in [1.82, 2.24) is 4.98 Å². The number of pyridine rings is 1. The van der Waals surface area contributed by atoms with E-state index < -0.39 is 25.1 Å². The predicted molar refractivity (Wildman–Crippen MR) is 100 cm³/mol. The average molecular weight is 403 g/mol. The van der Waals surface area contributed by atoms with Gasteiger partial charge in [0.15, 0.2) is 5.69 Å². The molecule has 0 spiro atoms. The Bertz CT molecular complexity index is 1070. The number of fused-ring (bicyclic) bond motifs is 1. The number of aliphatic hydroxyl groups is 2. The minimum Gasteiger partial charge on any atom is -0.435 e. The standard InChI is InChI=1S/C20H16F3N3O3/c21-12-3-1-2-11(6-12)18-16-7-14(29-20(22)23)4-5-15(16)19(26-17(18)8-24)25-9-13(28)10-27/h1-7,13,20,27-28H,9-10H2,(H,25,26)/t13-/m0/s1. The second-order valence-corrected chi connectivity index (χ2v) is 6.11. The van der Waals surface area contributed by atoms with E-state index in [1.807, 2.05) is 6.07 Å². The first-order valence-electron chi connectivity index (χ1n) is 8.54. The third kappa shape index (κ3) is 4.56. The molecule has 9 heteroatoms. The molecule has 2 aromatic carbocycles. The van der Waals surface area contributed by atoms with E-state index in [0.717, 1.165) is 0 Å². The molecule has 0 aliphatic carbocycles. The molecule has 1 atom stereocenters. The molecule has 0 saturated carbocycles. The normalized spacial score (nSPS) is 12.0. The number of hydrogen-bond donors (Lipinski definition) is 3. The number of benzene rings is 2. The van der Waals surface area contributed by atoms with Crippen LogP contribution in [0.2, 0.25) is 0 Å². The van der Waals surface area contributed by atoms with Crippen LogP contribution in [0.4, 0.5) is 19.0 Å². The van der Waals surface area contributed by atoms with Crippen molar-refractivity contribution in [3.05, 3.63) is 54.0 Å². The fraction of sp³-hybridized carbons (Fsp3) is 0.200. The molecule has 0 bridgehead atoms. The molecule has 0 saturated heterocycles. The van der Waals surface area contributed by atoms with E-state index in [1.54, 1.807) is 6.07 Å². The SMILES string of the molecule is N#Cc1nc(NC[C@H](O)CO)c2ccc(OC(F)F)cc2c1-c1cccc(F)c1. The summed E-state index contributed by atoms with van der Waals surface area (Å²) < 4.78 is 43.6. The van der Waals surface area contributed by atoms with Gasteiger partial charge in [-0.3, -0.25) is 0 Å². The van der Waals surface area contributed by atoms with Gasteiger partial charge in [-0.2, -0.15) is 14.0 Å². The monoisotopic (exact) mass is 403 g/mol. The Balaban J connectivity index is 2.25. The molecule has 1 heterocycles. The fourth-order valence-electron chi connectivity index (χ4n) is 2.90. The molecular formula is C20H16F3N3O3. The zero-order valence-corrected chi connectivity index (χ0v) is 14.9. The van der Waals surface area contributed by atoms with Crippen molar-refractivity contribution in [2.45, 2.75) is 12.7 Å². The maximum absolute atomic E-state index is 13.8. The van der Waals surface area contributed by atoms with Crippen LogP contribution in [-0.2, 0) is 0 Å². The Hall–Kier alpha value is -3.35. The van der Waals surface area contributed by atoms with Crippen LogP contribution in [0.3, 0.4) is 0 Å². The Morgan fingerprint density at radius 1 is 1.17 bits per heavy atom. The first-order chi connectivity index (χ1) is 13.9. The lowest BCUT2D eigenvalue weighted by Gasteiger charge is -2.16. The number of halogens is 3. The Morgan fingerprint density at radius 2 is 1.97 bits per heavy atom. The van der Waals surface area contributed by atoms with E-state index in [0.29, 0.717) is 16.3 Å². The van der Waals surface area contributed by atoms with Crippen LogP contribution in [-0.4, -0.2) is 41.1 Å². The number of anilines is 1. The van der Waals surface area contributed by atoms with Gasteiger partial charge in [-0.05, 0) is 41.3 Å². The molecule has 0 radical (unpaired) electrons. The van der Waals surface area contributed by atoms with Crippen LogP contribution in [0.5, 0.6) is 5.75 Å². The number of nitrogens with one attached hydrogen (secondary N) is 1. The predicted octanol–water partition coefficient (Wildman–Crippen LogP) is 3.28. The second kappa shape index (κ2) is 8.77. The lowest BCUT2D eigenvalue weighted by molar-refractivity contribution is -0.0497. The smallest absolute Gasteiger partial charge is 0.387 e. The van der Waals surface area contributed by atoms with Gasteiger partial charge in [-0.15, -0.1) is 0 Å². The van der Waals surface area contributed by atoms with E-state index >= 15 is 0 Å². The third-order valence-corrected chi connectivity index (χ3v) is 4.14. The van der Waals surface area contributed by atoms with Crippen molar-refractivity contribution in [1.29, 1.82) is 5.26 Å². The van der Waals surface area contributed by atoms with Crippen LogP contribution in [0.25, 0.3) is 21.9 Å². The van der Waals surface area contributed by atoms with E-state index in [1.165, 1.54) is 36.4 Å². The summed E-state index contributed by atoms with van der Waals surface area (Å²) in [4.78, 5) is 4.25. The van der Waals surface area contributed by atoms with E-state index in [9.17, 15) is 23.5 Å². The molecule has 150 valence electrons. The summed E-state index contributed by atoms with van der Waals surface area (Å²) in [5, 5.41) is 31.8. The van der Waals surface area contributed by atoms with Crippen molar-refractivity contribution >= 4 is 16.6 Å². The summed E-state index contributed by atoms with van der Waals surface area (Å²) in [5.41, 5.74) is 0.531. The number of ether oxygens (including phenoxy) is 1. The Morgan fingerprint density at radius 3 is 2.62 bits per heavy atom. The number of aromatic nitrogens is 1. The van der Waals surface area contributed by atoms with Crippen molar-refractivity contribution in [2.24, 2.45) is 0 Å². The highest BCUT2D eigenvalue weighted by molar-refractivity contribution is 6.04. The van der Waals surface area contributed by atoms with Crippen molar-refractivity contribution in [2.75, 3.05) is 18.5 Å². The highest BCUT2D eigenvalue weighted by atomic mass is 19.3. The van der Waals surface area contributed by atoms with Gasteiger partial charge in [-0.25, -0.2) is 9.37 Å². The van der Waals surface area contributed by atoms with Crippen LogP contribution >= 0.6 is 0 Å². The quantitative estimate of drug-likeness (QED) is 0.560. The van der Waals surface area contributed by atoms with Crippen LogP contribution in [0.15, 0.2) is 42.5 Å². The van der Waals surface area contributed by atoms with Crippen LogP contribution in [0.1, 0.15) is 5.69 Å². The molecule has 3 N–H and O–H groups in total. The molecule has 0 unspecified atom stereocenters. The maximum Gasteiger partial charge on any atom is 0.387 e. The fourth-order valence-corrected chi connectivity index (χ4v) is 2.90. The third-order valence-electron chi connectivity index (χ3n) is 4.14. The molecule has 6 nitrogen and oxygen atoms in total. The zero-order valence-electron chi connectivity index (χ0n) is 14.9. The van der Waals surface area contributed by atoms with Gasteiger partial charge in [0.2, 0.25) is 0 Å². The van der Waals surface area contributed by atoms with Gasteiger partial charge in [-0.1, -0.05) is 12.1 Å². The molecule has 0 aliphatic heterocycles. The minimum atomic E-state index is -3.04. The van der Waals surface area contributed by atoms with Crippen LogP contribution in [0, 0.1) is 17.1 Å². The highest BCUT2D eigenvalue weighted by Gasteiger charge is 2.18. The molecule has 3 aromatic rings. The first-order valence-corrected chi connectivity index (χ1v) is 8.54. The number of rotatable bonds is 7. The van der Waals surface area contributed by atoms with Crippen molar-refractivity contribution in [3.63, 3.8) is 0 Å². The lowest BCUT2D eigenvalue weighted by atomic mass is 9.96. The number of hydrogen-bond acceptors (Lipinski definition) is 6. The minimum absolute atomic E-state index is 0.0575.